The summed E-state index contributed by atoms with van der Waals surface area (Å²) in [6, 6.07) is 0. The summed E-state index contributed by atoms with van der Waals surface area (Å²) in [5.41, 5.74) is 1.07. The summed E-state index contributed by atoms with van der Waals surface area (Å²) in [7, 11) is -1.78. The van der Waals surface area contributed by atoms with Gasteiger partial charge in [0.05, 0.1) is 18.0 Å². The first-order valence-electron chi connectivity index (χ1n) is 6.80. The standard InChI is InChI=1S/C12H22N4O3S/c1-9-12(11(7-13-2)16-15-9)20(17,18)14-6-10-4-3-5-19-8-10/h10,13-14H,3-8H2,1-2H3,(H,15,16). The molecule has 0 spiro atoms. The Morgan fingerprint density at radius 3 is 2.95 bits per heavy atom. The first kappa shape index (κ1) is 15.4. The Morgan fingerprint density at radius 2 is 2.30 bits per heavy atom. The van der Waals surface area contributed by atoms with Crippen molar-refractivity contribution in [1.29, 1.82) is 0 Å². The molecule has 0 radical (unpaired) electrons. The van der Waals surface area contributed by atoms with Crippen molar-refractivity contribution in [3.8, 4) is 0 Å². The van der Waals surface area contributed by atoms with Gasteiger partial charge in [0, 0.05) is 19.7 Å². The number of hydrogen-bond acceptors (Lipinski definition) is 5. The van der Waals surface area contributed by atoms with Gasteiger partial charge in [0.15, 0.2) is 0 Å². The average Bonchev–Trinajstić information content (AvgIpc) is 2.80. The second kappa shape index (κ2) is 6.66. The quantitative estimate of drug-likeness (QED) is 0.695. The summed E-state index contributed by atoms with van der Waals surface area (Å²) >= 11 is 0. The molecule has 1 aromatic heterocycles. The largest absolute Gasteiger partial charge is 0.381 e. The van der Waals surface area contributed by atoms with E-state index in [2.05, 4.69) is 20.2 Å². The van der Waals surface area contributed by atoms with Crippen LogP contribution in [-0.4, -0.2) is 45.4 Å². The second-order valence-corrected chi connectivity index (χ2v) is 6.79. The van der Waals surface area contributed by atoms with Gasteiger partial charge >= 0.3 is 0 Å². The molecule has 1 aliphatic heterocycles. The summed E-state index contributed by atoms with van der Waals surface area (Å²) < 4.78 is 32.9. The summed E-state index contributed by atoms with van der Waals surface area (Å²) in [5.74, 6) is 0.249. The molecule has 0 aromatic carbocycles. The van der Waals surface area contributed by atoms with Crippen LogP contribution in [0.3, 0.4) is 0 Å². The molecule has 8 heteroatoms. The van der Waals surface area contributed by atoms with Gasteiger partial charge in [-0.1, -0.05) is 0 Å². The van der Waals surface area contributed by atoms with Crippen LogP contribution in [0.4, 0.5) is 0 Å². The molecule has 2 heterocycles. The lowest BCUT2D eigenvalue weighted by molar-refractivity contribution is 0.0568. The summed E-state index contributed by atoms with van der Waals surface area (Å²) in [4.78, 5) is 0.253. The van der Waals surface area contributed by atoms with Crippen molar-refractivity contribution >= 4 is 10.0 Å². The fourth-order valence-corrected chi connectivity index (χ4v) is 3.86. The van der Waals surface area contributed by atoms with E-state index in [1.54, 1.807) is 14.0 Å². The third-order valence-corrected chi connectivity index (χ3v) is 5.02. The van der Waals surface area contributed by atoms with E-state index in [0.29, 0.717) is 31.1 Å². The summed E-state index contributed by atoms with van der Waals surface area (Å²) in [6.45, 7) is 3.93. The van der Waals surface area contributed by atoms with Crippen molar-refractivity contribution < 1.29 is 13.2 Å². The molecule has 20 heavy (non-hydrogen) atoms. The molecular weight excluding hydrogens is 280 g/mol. The van der Waals surface area contributed by atoms with Crippen LogP contribution in [0.5, 0.6) is 0 Å². The predicted octanol–water partition coefficient (Wildman–Crippen LogP) is 0.142. The highest BCUT2D eigenvalue weighted by atomic mass is 32.2. The molecular formula is C12H22N4O3S. The number of aryl methyl sites for hydroxylation is 1. The van der Waals surface area contributed by atoms with Crippen LogP contribution in [0, 0.1) is 12.8 Å². The maximum atomic E-state index is 12.4. The van der Waals surface area contributed by atoms with Crippen LogP contribution in [0.1, 0.15) is 24.2 Å². The van der Waals surface area contributed by atoms with E-state index in [1.807, 2.05) is 0 Å². The number of hydrogen-bond donors (Lipinski definition) is 3. The van der Waals surface area contributed by atoms with E-state index in [1.165, 1.54) is 0 Å². The molecule has 0 aliphatic carbocycles. The average molecular weight is 302 g/mol. The van der Waals surface area contributed by atoms with Gasteiger partial charge in [0.2, 0.25) is 10.0 Å². The normalized spacial score (nSPS) is 20.2. The smallest absolute Gasteiger partial charge is 0.244 e. The van der Waals surface area contributed by atoms with Gasteiger partial charge in [-0.25, -0.2) is 13.1 Å². The van der Waals surface area contributed by atoms with E-state index in [-0.39, 0.29) is 10.8 Å². The molecule has 0 amide bonds. The molecule has 1 atom stereocenters. The van der Waals surface area contributed by atoms with Gasteiger partial charge in [-0.2, -0.15) is 5.10 Å². The van der Waals surface area contributed by atoms with Crippen molar-refractivity contribution in [3.05, 3.63) is 11.4 Å². The zero-order chi connectivity index (χ0) is 14.6. The maximum absolute atomic E-state index is 12.4. The van der Waals surface area contributed by atoms with Crippen LogP contribution in [0.2, 0.25) is 0 Å². The SMILES string of the molecule is CNCc1n[nH]c(C)c1S(=O)(=O)NCC1CCCOC1. The number of aromatic amines is 1. The van der Waals surface area contributed by atoms with Crippen molar-refractivity contribution in [2.24, 2.45) is 5.92 Å². The Hall–Kier alpha value is -0.960. The van der Waals surface area contributed by atoms with Crippen LogP contribution in [0.15, 0.2) is 4.90 Å². The topological polar surface area (TPSA) is 96.1 Å². The molecule has 114 valence electrons. The predicted molar refractivity (Wildman–Crippen MR) is 74.8 cm³/mol. The second-order valence-electron chi connectivity index (χ2n) is 5.09. The Morgan fingerprint density at radius 1 is 1.50 bits per heavy atom. The van der Waals surface area contributed by atoms with Crippen LogP contribution in [0.25, 0.3) is 0 Å². The van der Waals surface area contributed by atoms with Crippen LogP contribution < -0.4 is 10.0 Å². The van der Waals surface area contributed by atoms with Crippen molar-refractivity contribution in [2.75, 3.05) is 26.8 Å². The molecule has 1 aromatic rings. The number of nitrogens with one attached hydrogen (secondary N) is 3. The molecule has 0 saturated carbocycles. The molecule has 2 rings (SSSR count). The minimum atomic E-state index is -3.54. The number of aromatic nitrogens is 2. The number of H-pyrrole nitrogens is 1. The van der Waals surface area contributed by atoms with Gasteiger partial charge in [0.1, 0.15) is 4.90 Å². The van der Waals surface area contributed by atoms with Gasteiger partial charge in [-0.15, -0.1) is 0 Å². The molecule has 1 unspecified atom stereocenters. The Balaban J connectivity index is 2.07. The Kier molecular flexibility index (Phi) is 5.14. The van der Waals surface area contributed by atoms with Gasteiger partial charge < -0.3 is 10.1 Å². The highest BCUT2D eigenvalue weighted by Gasteiger charge is 2.25. The molecule has 1 fully saturated rings. The molecule has 1 saturated heterocycles. The molecule has 0 bridgehead atoms. The van der Waals surface area contributed by atoms with E-state index in [9.17, 15) is 8.42 Å². The number of rotatable bonds is 6. The van der Waals surface area contributed by atoms with Crippen molar-refractivity contribution in [1.82, 2.24) is 20.2 Å². The fraction of sp³-hybridized carbons (Fsp3) is 0.750. The van der Waals surface area contributed by atoms with Gasteiger partial charge in [-0.05, 0) is 32.7 Å². The fourth-order valence-electron chi connectivity index (χ4n) is 2.38. The summed E-state index contributed by atoms with van der Waals surface area (Å²) in [5, 5.41) is 9.69. The Bertz CT molecular complexity index is 535. The highest BCUT2D eigenvalue weighted by molar-refractivity contribution is 7.89. The molecule has 7 nitrogen and oxygen atoms in total. The van der Waals surface area contributed by atoms with Crippen LogP contribution >= 0.6 is 0 Å². The highest BCUT2D eigenvalue weighted by Crippen LogP contribution is 2.18. The Labute approximate surface area is 119 Å². The van der Waals surface area contributed by atoms with Gasteiger partial charge in [0.25, 0.3) is 0 Å². The van der Waals surface area contributed by atoms with Crippen molar-refractivity contribution in [3.63, 3.8) is 0 Å². The lowest BCUT2D eigenvalue weighted by Gasteiger charge is -2.22. The first-order chi connectivity index (χ1) is 9.54. The minimum Gasteiger partial charge on any atom is -0.381 e. The zero-order valence-electron chi connectivity index (χ0n) is 11.9. The van der Waals surface area contributed by atoms with Crippen molar-refractivity contribution in [2.45, 2.75) is 31.2 Å². The maximum Gasteiger partial charge on any atom is 0.244 e. The first-order valence-corrected chi connectivity index (χ1v) is 8.28. The van der Waals surface area contributed by atoms with Gasteiger partial charge in [-0.3, -0.25) is 5.10 Å². The monoisotopic (exact) mass is 302 g/mol. The molecule has 1 aliphatic rings. The van der Waals surface area contributed by atoms with E-state index in [0.717, 1.165) is 19.4 Å². The third kappa shape index (κ3) is 3.57. The number of sulfonamides is 1. The third-order valence-electron chi connectivity index (χ3n) is 3.39. The zero-order valence-corrected chi connectivity index (χ0v) is 12.7. The number of nitrogens with zero attached hydrogens (tertiary/aromatic N) is 1. The van der Waals surface area contributed by atoms with E-state index in [4.69, 9.17) is 4.74 Å². The lowest BCUT2D eigenvalue weighted by Crippen LogP contribution is -2.34. The molecule has 3 N–H and O–H groups in total. The minimum absolute atomic E-state index is 0.249. The summed E-state index contributed by atoms with van der Waals surface area (Å²) in [6.07, 6.45) is 1.98. The number of ether oxygens (including phenoxy) is 1. The van der Waals surface area contributed by atoms with Crippen LogP contribution in [-0.2, 0) is 21.3 Å². The van der Waals surface area contributed by atoms with E-state index >= 15 is 0 Å². The lowest BCUT2D eigenvalue weighted by atomic mass is 10.0. The van der Waals surface area contributed by atoms with E-state index < -0.39 is 10.0 Å².